The van der Waals surface area contributed by atoms with Crippen molar-refractivity contribution < 1.29 is 32.7 Å². The summed E-state index contributed by atoms with van der Waals surface area (Å²) in [6.07, 6.45) is -4.95. The lowest BCUT2D eigenvalue weighted by atomic mass is 10.1. The number of rotatable bonds is 6. The molecule has 2 aliphatic rings. The molecular formula is C19H20F3N5O4. The Morgan fingerprint density at radius 3 is 2.74 bits per heavy atom. The number of aliphatic hydroxyl groups excluding tert-OH is 1. The fraction of sp³-hybridized carbons (Fsp3) is 0.526. The number of hydrogen-bond donors (Lipinski definition) is 2. The molecule has 12 heteroatoms. The highest BCUT2D eigenvalue weighted by Gasteiger charge is 2.56. The molecule has 3 heterocycles. The Balaban J connectivity index is 1.50. The third kappa shape index (κ3) is 3.99. The maximum absolute atomic E-state index is 13.0. The Kier molecular flexibility index (Phi) is 5.20. The van der Waals surface area contributed by atoms with Crippen molar-refractivity contribution >= 4 is 28.6 Å². The molecule has 2 unspecified atom stereocenters. The molecule has 4 atom stereocenters. The highest BCUT2D eigenvalue weighted by molar-refractivity contribution is 6.04. The number of halogens is 3. The second kappa shape index (κ2) is 7.59. The molecule has 2 N–H and O–H groups in total. The van der Waals surface area contributed by atoms with E-state index in [9.17, 15) is 27.6 Å². The summed E-state index contributed by atoms with van der Waals surface area (Å²) in [5, 5.41) is 15.9. The van der Waals surface area contributed by atoms with Gasteiger partial charge in [0.2, 0.25) is 11.8 Å². The van der Waals surface area contributed by atoms with Crippen LogP contribution in [0.2, 0.25) is 0 Å². The van der Waals surface area contributed by atoms with E-state index in [-0.39, 0.29) is 30.0 Å². The van der Waals surface area contributed by atoms with Gasteiger partial charge in [0.15, 0.2) is 17.5 Å². The molecule has 0 aromatic carbocycles. The van der Waals surface area contributed by atoms with Crippen LogP contribution in [-0.4, -0.2) is 73.3 Å². The molecule has 1 saturated carbocycles. The number of fused-ring (bicyclic) bond motifs is 2. The summed E-state index contributed by atoms with van der Waals surface area (Å²) in [4.78, 5) is 42.9. The van der Waals surface area contributed by atoms with Crippen LogP contribution in [0.4, 0.5) is 13.2 Å². The smallest absolute Gasteiger partial charge is 0.382 e. The van der Waals surface area contributed by atoms with Gasteiger partial charge in [-0.3, -0.25) is 14.4 Å². The van der Waals surface area contributed by atoms with Crippen molar-refractivity contribution in [3.8, 4) is 0 Å². The molecule has 0 bridgehead atoms. The van der Waals surface area contributed by atoms with E-state index < -0.39 is 36.7 Å². The van der Waals surface area contributed by atoms with Gasteiger partial charge >= 0.3 is 6.18 Å². The topological polar surface area (TPSA) is 117 Å². The summed E-state index contributed by atoms with van der Waals surface area (Å²) in [7, 11) is 0. The predicted octanol–water partition coefficient (Wildman–Crippen LogP) is 0.663. The summed E-state index contributed by atoms with van der Waals surface area (Å²) in [6.45, 7) is 0.108. The molecule has 166 valence electrons. The standard InChI is InChI=1S/C19H20F3N5O4/c1-9(28)16-11-3-2-4-23-17(11)26(25-16)8-15(30)27-12-5-10(12)6-13(27)18(31)24-7-14(29)19(20,21)22/h2-4,10,12-14,29H,5-8H2,1H3,(H,24,31)/t10-,12-,13?,14?/m1/s1. The van der Waals surface area contributed by atoms with Gasteiger partial charge < -0.3 is 15.3 Å². The molecule has 31 heavy (non-hydrogen) atoms. The van der Waals surface area contributed by atoms with Crippen LogP contribution in [-0.2, 0) is 16.1 Å². The lowest BCUT2D eigenvalue weighted by molar-refractivity contribution is -0.202. The van der Waals surface area contributed by atoms with Gasteiger partial charge in [0.25, 0.3) is 0 Å². The van der Waals surface area contributed by atoms with Gasteiger partial charge in [0, 0.05) is 19.2 Å². The normalized spacial score (nSPS) is 23.5. The van der Waals surface area contributed by atoms with Crippen LogP contribution in [0.3, 0.4) is 0 Å². The second-order valence-corrected chi connectivity index (χ2v) is 7.86. The number of piperidine rings is 1. The number of aromatic nitrogens is 3. The third-order valence-electron chi connectivity index (χ3n) is 5.67. The molecule has 2 amide bonds. The van der Waals surface area contributed by atoms with Gasteiger partial charge in [-0.05, 0) is 30.9 Å². The number of alkyl halides is 3. The molecule has 1 aliphatic heterocycles. The summed E-state index contributed by atoms with van der Waals surface area (Å²) < 4.78 is 38.7. The fourth-order valence-electron chi connectivity index (χ4n) is 4.07. The first-order valence-electron chi connectivity index (χ1n) is 9.74. The van der Waals surface area contributed by atoms with Crippen molar-refractivity contribution in [1.82, 2.24) is 25.0 Å². The number of nitrogens with zero attached hydrogens (tertiary/aromatic N) is 4. The molecule has 2 fully saturated rings. The number of carbonyl (C=O) groups is 3. The van der Waals surface area contributed by atoms with Crippen LogP contribution in [0.1, 0.15) is 30.3 Å². The monoisotopic (exact) mass is 439 g/mol. The van der Waals surface area contributed by atoms with Crippen LogP contribution in [0.5, 0.6) is 0 Å². The van der Waals surface area contributed by atoms with Crippen molar-refractivity contribution in [2.75, 3.05) is 6.54 Å². The lowest BCUT2D eigenvalue weighted by Crippen LogP contribution is -2.51. The average molecular weight is 439 g/mol. The summed E-state index contributed by atoms with van der Waals surface area (Å²) >= 11 is 0. The Labute approximate surface area is 174 Å². The van der Waals surface area contributed by atoms with Gasteiger partial charge in [-0.1, -0.05) is 0 Å². The number of amides is 2. The number of ketones is 1. The van der Waals surface area contributed by atoms with Crippen LogP contribution < -0.4 is 5.32 Å². The zero-order chi connectivity index (χ0) is 22.5. The minimum Gasteiger partial charge on any atom is -0.382 e. The minimum atomic E-state index is -4.84. The largest absolute Gasteiger partial charge is 0.416 e. The molecule has 0 spiro atoms. The van der Waals surface area contributed by atoms with Gasteiger partial charge in [-0.25, -0.2) is 9.67 Å². The maximum atomic E-state index is 13.0. The van der Waals surface area contributed by atoms with Crippen molar-refractivity contribution in [2.45, 2.75) is 50.7 Å². The molecule has 9 nitrogen and oxygen atoms in total. The number of hydrogen-bond acceptors (Lipinski definition) is 6. The Bertz CT molecular complexity index is 1050. The molecule has 1 saturated heterocycles. The number of carbonyl (C=O) groups excluding carboxylic acids is 3. The Morgan fingerprint density at radius 1 is 1.32 bits per heavy atom. The summed E-state index contributed by atoms with van der Waals surface area (Å²) in [6, 6.07) is 2.24. The first-order chi connectivity index (χ1) is 14.6. The van der Waals surface area contributed by atoms with Crippen molar-refractivity contribution in [2.24, 2.45) is 5.92 Å². The number of nitrogens with one attached hydrogen (secondary N) is 1. The third-order valence-corrected chi connectivity index (χ3v) is 5.67. The molecule has 1 aliphatic carbocycles. The first-order valence-corrected chi connectivity index (χ1v) is 9.74. The average Bonchev–Trinajstić information content (AvgIpc) is 3.21. The van der Waals surface area contributed by atoms with Crippen molar-refractivity contribution in [3.05, 3.63) is 24.0 Å². The highest BCUT2D eigenvalue weighted by atomic mass is 19.4. The Morgan fingerprint density at radius 2 is 2.06 bits per heavy atom. The number of Topliss-reactive ketones (excluding diaryl/α,β-unsaturated/α-hetero) is 1. The van der Waals surface area contributed by atoms with Crippen LogP contribution in [0.15, 0.2) is 18.3 Å². The van der Waals surface area contributed by atoms with Crippen molar-refractivity contribution in [3.63, 3.8) is 0 Å². The van der Waals surface area contributed by atoms with Crippen LogP contribution in [0.25, 0.3) is 11.0 Å². The predicted molar refractivity (Wildman–Crippen MR) is 99.8 cm³/mol. The van der Waals surface area contributed by atoms with Gasteiger partial charge in [-0.2, -0.15) is 18.3 Å². The molecule has 4 rings (SSSR count). The van der Waals surface area contributed by atoms with Gasteiger partial charge in [0.1, 0.15) is 18.3 Å². The molecule has 0 radical (unpaired) electrons. The quantitative estimate of drug-likeness (QED) is 0.639. The van der Waals surface area contributed by atoms with E-state index in [1.165, 1.54) is 22.7 Å². The Hall–Kier alpha value is -3.02. The molecular weight excluding hydrogens is 419 g/mol. The molecule has 2 aromatic heterocycles. The second-order valence-electron chi connectivity index (χ2n) is 7.86. The van der Waals surface area contributed by atoms with E-state index in [1.54, 1.807) is 12.1 Å². The number of aliphatic hydroxyl groups is 1. The summed E-state index contributed by atoms with van der Waals surface area (Å²) in [5.41, 5.74) is 0.527. The lowest BCUT2D eigenvalue weighted by Gasteiger charge is -2.27. The first kappa shape index (κ1) is 21.2. The van der Waals surface area contributed by atoms with Gasteiger partial charge in [0.05, 0.1) is 11.9 Å². The zero-order valence-corrected chi connectivity index (χ0v) is 16.5. The van der Waals surface area contributed by atoms with Crippen LogP contribution >= 0.6 is 0 Å². The SMILES string of the molecule is CC(=O)c1nn(CC(=O)N2C(C(=O)NCC(O)C(F)(F)F)C[C@H]3C[C@H]32)c2ncccc12. The maximum Gasteiger partial charge on any atom is 0.416 e. The fourth-order valence-corrected chi connectivity index (χ4v) is 4.07. The van der Waals surface area contributed by atoms with E-state index in [2.05, 4.69) is 15.4 Å². The minimum absolute atomic E-state index is 0.118. The summed E-state index contributed by atoms with van der Waals surface area (Å²) in [5.74, 6) is -1.34. The van der Waals surface area contributed by atoms with E-state index in [4.69, 9.17) is 5.11 Å². The van der Waals surface area contributed by atoms with E-state index in [0.717, 1.165) is 6.42 Å². The zero-order valence-electron chi connectivity index (χ0n) is 16.5. The van der Waals surface area contributed by atoms with Gasteiger partial charge in [-0.15, -0.1) is 0 Å². The highest BCUT2D eigenvalue weighted by Crippen LogP contribution is 2.48. The number of likely N-dealkylation sites (tertiary alicyclic amines) is 1. The van der Waals surface area contributed by atoms with E-state index in [0.29, 0.717) is 17.5 Å². The van der Waals surface area contributed by atoms with Crippen molar-refractivity contribution in [1.29, 1.82) is 0 Å². The number of pyridine rings is 1. The molecule has 2 aromatic rings. The van der Waals surface area contributed by atoms with E-state index >= 15 is 0 Å². The van der Waals surface area contributed by atoms with E-state index in [1.807, 2.05) is 0 Å². The van der Waals surface area contributed by atoms with Crippen LogP contribution in [0, 0.1) is 5.92 Å².